The van der Waals surface area contributed by atoms with Crippen LogP contribution in [0.5, 0.6) is 11.5 Å². The molecule has 0 unspecified atom stereocenters. The number of aromatic nitrogens is 3. The quantitative estimate of drug-likeness (QED) is 0.186. The topological polar surface area (TPSA) is 63.7 Å². The number of benzene rings is 7. The summed E-state index contributed by atoms with van der Waals surface area (Å²) in [5, 5.41) is 14.8. The summed E-state index contributed by atoms with van der Waals surface area (Å²) in [6, 6.07) is 56.9. The standard InChI is InChI=1S/C48H32N4O/c1-48(2)38-20-11-16-34(29-49)46(38)53-44-25-23-33(27-39(44)48)41-28-40(50-47(51-41)31-13-4-3-5-14-31)32-15-10-17-35(26-32)52-42-21-9-8-19-37(42)45-36-18-7-6-12-30(36)22-24-43(45)52/h3-28H,1-2H3. The van der Waals surface area contributed by atoms with E-state index >= 15 is 0 Å². The monoisotopic (exact) mass is 680 g/mol. The maximum absolute atomic E-state index is 9.80. The highest BCUT2D eigenvalue weighted by Gasteiger charge is 2.36. The Bertz CT molecular complexity index is 2970. The molecule has 0 aliphatic carbocycles. The molecular weight excluding hydrogens is 649 g/mol. The van der Waals surface area contributed by atoms with Gasteiger partial charge in [0.2, 0.25) is 0 Å². The highest BCUT2D eigenvalue weighted by atomic mass is 16.5. The molecule has 0 spiro atoms. The van der Waals surface area contributed by atoms with E-state index < -0.39 is 5.41 Å². The second-order valence-corrected chi connectivity index (χ2v) is 14.1. The molecule has 1 aliphatic heterocycles. The van der Waals surface area contributed by atoms with Crippen LogP contribution in [0.25, 0.3) is 72.2 Å². The maximum atomic E-state index is 9.80. The highest BCUT2D eigenvalue weighted by molar-refractivity contribution is 6.21. The Labute approximate surface area is 307 Å². The molecule has 3 heterocycles. The minimum absolute atomic E-state index is 0.397. The average Bonchev–Trinajstić information content (AvgIpc) is 3.56. The van der Waals surface area contributed by atoms with E-state index in [9.17, 15) is 5.26 Å². The third kappa shape index (κ3) is 4.84. The van der Waals surface area contributed by atoms with Crippen LogP contribution in [-0.4, -0.2) is 14.5 Å². The van der Waals surface area contributed by atoms with Crippen molar-refractivity contribution < 1.29 is 4.74 Å². The molecule has 0 saturated carbocycles. The molecule has 1 aliphatic rings. The maximum Gasteiger partial charge on any atom is 0.160 e. The largest absolute Gasteiger partial charge is 0.455 e. The minimum atomic E-state index is -0.397. The van der Waals surface area contributed by atoms with E-state index in [1.54, 1.807) is 6.07 Å². The van der Waals surface area contributed by atoms with E-state index in [2.05, 4.69) is 146 Å². The number of rotatable bonds is 4. The van der Waals surface area contributed by atoms with Crippen LogP contribution in [-0.2, 0) is 5.41 Å². The van der Waals surface area contributed by atoms with Crippen LogP contribution in [0.1, 0.15) is 30.5 Å². The summed E-state index contributed by atoms with van der Waals surface area (Å²) in [7, 11) is 0. The number of hydrogen-bond donors (Lipinski definition) is 0. The Kier molecular flexibility index (Phi) is 6.83. The number of hydrogen-bond acceptors (Lipinski definition) is 4. The van der Waals surface area contributed by atoms with Crippen molar-refractivity contribution in [2.24, 2.45) is 0 Å². The van der Waals surface area contributed by atoms with Crippen molar-refractivity contribution in [2.45, 2.75) is 19.3 Å². The van der Waals surface area contributed by atoms with Gasteiger partial charge in [-0.25, -0.2) is 9.97 Å². The van der Waals surface area contributed by atoms with Gasteiger partial charge in [0.1, 0.15) is 17.6 Å². The van der Waals surface area contributed by atoms with E-state index in [4.69, 9.17) is 14.7 Å². The van der Waals surface area contributed by atoms with Crippen LogP contribution in [0.15, 0.2) is 158 Å². The summed E-state index contributed by atoms with van der Waals surface area (Å²) >= 11 is 0. The number of para-hydroxylation sites is 2. The Hall–Kier alpha value is -7.03. The van der Waals surface area contributed by atoms with Crippen molar-refractivity contribution in [3.8, 4) is 57.2 Å². The second kappa shape index (κ2) is 11.8. The van der Waals surface area contributed by atoms with Gasteiger partial charge in [-0.3, -0.25) is 0 Å². The third-order valence-corrected chi connectivity index (χ3v) is 10.7. The predicted molar refractivity (Wildman–Crippen MR) is 214 cm³/mol. The van der Waals surface area contributed by atoms with Crippen LogP contribution >= 0.6 is 0 Å². The van der Waals surface area contributed by atoms with Gasteiger partial charge in [-0.1, -0.05) is 117 Å². The minimum Gasteiger partial charge on any atom is -0.455 e. The molecule has 0 bridgehead atoms. The Morgan fingerprint density at radius 2 is 1.30 bits per heavy atom. The fourth-order valence-electron chi connectivity index (χ4n) is 8.03. The smallest absolute Gasteiger partial charge is 0.160 e. The van der Waals surface area contributed by atoms with Crippen LogP contribution in [0, 0.1) is 11.3 Å². The molecule has 0 amide bonds. The summed E-state index contributed by atoms with van der Waals surface area (Å²) in [5.74, 6) is 2.04. The Balaban J connectivity index is 1.14. The molecule has 9 aromatic rings. The molecule has 5 nitrogen and oxygen atoms in total. The fraction of sp³-hybridized carbons (Fsp3) is 0.0625. The zero-order chi connectivity index (χ0) is 35.7. The normalized spacial score (nSPS) is 13.0. The van der Waals surface area contributed by atoms with Gasteiger partial charge in [-0.15, -0.1) is 0 Å². The Morgan fingerprint density at radius 3 is 2.13 bits per heavy atom. The lowest BCUT2D eigenvalue weighted by Crippen LogP contribution is -2.24. The third-order valence-electron chi connectivity index (χ3n) is 10.7. The van der Waals surface area contributed by atoms with Crippen LogP contribution in [0.2, 0.25) is 0 Å². The number of nitriles is 1. The SMILES string of the molecule is CC1(C)c2cc(-c3cc(-c4cccc(-n5c6ccccc6c6c7ccccc7ccc65)c4)nc(-c4ccccc4)n3)ccc2Oc2c(C#N)cccc21. The average molecular weight is 681 g/mol. The molecule has 10 rings (SSSR count). The summed E-state index contributed by atoms with van der Waals surface area (Å²) in [6.45, 7) is 4.36. The van der Waals surface area contributed by atoms with Crippen LogP contribution in [0.3, 0.4) is 0 Å². The van der Waals surface area contributed by atoms with Crippen molar-refractivity contribution in [1.29, 1.82) is 5.26 Å². The first-order valence-electron chi connectivity index (χ1n) is 17.8. The Morgan fingerprint density at radius 1 is 0.585 bits per heavy atom. The lowest BCUT2D eigenvalue weighted by atomic mass is 9.74. The van der Waals surface area contributed by atoms with Gasteiger partial charge in [0, 0.05) is 49.7 Å². The summed E-state index contributed by atoms with van der Waals surface area (Å²) in [5.41, 5.74) is 10.1. The molecular formula is C48H32N4O. The lowest BCUT2D eigenvalue weighted by Gasteiger charge is -2.35. The molecule has 250 valence electrons. The molecule has 5 heteroatoms. The van der Waals surface area contributed by atoms with E-state index in [0.29, 0.717) is 17.1 Å². The van der Waals surface area contributed by atoms with Gasteiger partial charge < -0.3 is 9.30 Å². The molecule has 0 N–H and O–H groups in total. The van der Waals surface area contributed by atoms with Gasteiger partial charge in [-0.2, -0.15) is 5.26 Å². The molecule has 0 radical (unpaired) electrons. The van der Waals surface area contributed by atoms with Crippen molar-refractivity contribution in [2.75, 3.05) is 0 Å². The summed E-state index contributed by atoms with van der Waals surface area (Å²) < 4.78 is 8.75. The van der Waals surface area contributed by atoms with Gasteiger partial charge >= 0.3 is 0 Å². The molecule has 0 fully saturated rings. The molecule has 7 aromatic carbocycles. The van der Waals surface area contributed by atoms with Crippen LogP contribution in [0.4, 0.5) is 0 Å². The van der Waals surface area contributed by atoms with E-state index in [0.717, 1.165) is 61.7 Å². The summed E-state index contributed by atoms with van der Waals surface area (Å²) in [6.07, 6.45) is 0. The van der Waals surface area contributed by atoms with Crippen LogP contribution < -0.4 is 4.74 Å². The van der Waals surface area contributed by atoms with Crippen molar-refractivity contribution in [3.05, 3.63) is 174 Å². The van der Waals surface area contributed by atoms with Crippen molar-refractivity contribution in [1.82, 2.24) is 14.5 Å². The highest BCUT2D eigenvalue weighted by Crippen LogP contribution is 2.50. The zero-order valence-corrected chi connectivity index (χ0v) is 29.2. The first-order chi connectivity index (χ1) is 26.0. The van der Waals surface area contributed by atoms with Gasteiger partial charge in [0.25, 0.3) is 0 Å². The van der Waals surface area contributed by atoms with E-state index in [1.165, 1.54) is 21.5 Å². The zero-order valence-electron chi connectivity index (χ0n) is 29.2. The number of ether oxygens (including phenoxy) is 1. The van der Waals surface area contributed by atoms with Gasteiger partial charge in [-0.05, 0) is 65.4 Å². The fourth-order valence-corrected chi connectivity index (χ4v) is 8.03. The first kappa shape index (κ1) is 30.8. The molecule has 53 heavy (non-hydrogen) atoms. The number of fused-ring (bicyclic) bond motifs is 7. The van der Waals surface area contributed by atoms with Crippen molar-refractivity contribution in [3.63, 3.8) is 0 Å². The van der Waals surface area contributed by atoms with Gasteiger partial charge in [0.05, 0.1) is 28.0 Å². The van der Waals surface area contributed by atoms with E-state index in [1.807, 2.05) is 30.3 Å². The van der Waals surface area contributed by atoms with E-state index in [-0.39, 0.29) is 0 Å². The number of nitrogens with zero attached hydrogens (tertiary/aromatic N) is 4. The molecule has 2 aromatic heterocycles. The summed E-state index contributed by atoms with van der Waals surface area (Å²) in [4.78, 5) is 10.3. The first-order valence-corrected chi connectivity index (χ1v) is 17.8. The molecule has 0 atom stereocenters. The predicted octanol–water partition coefficient (Wildman–Crippen LogP) is 12.0. The lowest BCUT2D eigenvalue weighted by molar-refractivity contribution is 0.417. The van der Waals surface area contributed by atoms with Gasteiger partial charge in [0.15, 0.2) is 5.82 Å². The molecule has 0 saturated heterocycles. The van der Waals surface area contributed by atoms with Crippen molar-refractivity contribution >= 4 is 32.6 Å². The second-order valence-electron chi connectivity index (χ2n) is 14.1.